The van der Waals surface area contributed by atoms with Crippen LogP contribution in [0.4, 0.5) is 11.4 Å². The summed E-state index contributed by atoms with van der Waals surface area (Å²) in [4.78, 5) is 2.48. The largest absolute Gasteiger partial charge is 0.310 e. The van der Waals surface area contributed by atoms with Gasteiger partial charge in [0.25, 0.3) is 0 Å². The van der Waals surface area contributed by atoms with Crippen LogP contribution in [0.1, 0.15) is 35.1 Å². The van der Waals surface area contributed by atoms with E-state index in [9.17, 15) is 0 Å². The SMILES string of the molecule is C1#CC2=C(C(N(c3ccc(-c4ccccc4)cc3)c3ccc(-c4ccccc4)cc3)=CC1)c1ccc(-c3ccccc3)cc1C21C2=C(C=CC3=CC=CCC32)c2ccccc21. The first kappa shape index (κ1) is 35.3. The third-order valence-electron chi connectivity index (χ3n) is 13.3. The molecular formula is C60H41N. The molecule has 2 unspecified atom stereocenters. The highest BCUT2D eigenvalue weighted by atomic mass is 15.2. The van der Waals surface area contributed by atoms with Gasteiger partial charge in [-0.2, -0.15) is 0 Å². The molecule has 1 heteroatoms. The van der Waals surface area contributed by atoms with Gasteiger partial charge < -0.3 is 4.90 Å². The van der Waals surface area contributed by atoms with E-state index in [0.717, 1.165) is 23.5 Å². The minimum Gasteiger partial charge on any atom is -0.310 e. The summed E-state index contributed by atoms with van der Waals surface area (Å²) in [5.41, 5.74) is 21.8. The zero-order valence-corrected chi connectivity index (χ0v) is 33.7. The Morgan fingerprint density at radius 3 is 1.75 bits per heavy atom. The molecule has 0 fully saturated rings. The topological polar surface area (TPSA) is 3.24 Å². The minimum atomic E-state index is -0.572. The van der Waals surface area contributed by atoms with E-state index in [1.54, 1.807) is 0 Å². The highest BCUT2D eigenvalue weighted by Crippen LogP contribution is 2.66. The van der Waals surface area contributed by atoms with Crippen molar-refractivity contribution in [2.45, 2.75) is 18.3 Å². The Morgan fingerprint density at radius 1 is 0.525 bits per heavy atom. The van der Waals surface area contributed by atoms with Gasteiger partial charge in [0.15, 0.2) is 0 Å². The molecule has 12 rings (SSSR count). The molecule has 1 spiro atoms. The number of benzene rings is 7. The number of nitrogens with zero attached hydrogens (tertiary/aromatic N) is 1. The van der Waals surface area contributed by atoms with Gasteiger partial charge in [-0.1, -0.05) is 194 Å². The van der Waals surface area contributed by atoms with Crippen LogP contribution in [0, 0.1) is 17.8 Å². The van der Waals surface area contributed by atoms with Crippen molar-refractivity contribution in [3.05, 3.63) is 263 Å². The molecule has 0 radical (unpaired) electrons. The van der Waals surface area contributed by atoms with E-state index >= 15 is 0 Å². The van der Waals surface area contributed by atoms with Crippen LogP contribution < -0.4 is 4.90 Å². The summed E-state index contributed by atoms with van der Waals surface area (Å²) in [7, 11) is 0. The molecular weight excluding hydrogens is 735 g/mol. The van der Waals surface area contributed by atoms with Gasteiger partial charge in [0.2, 0.25) is 0 Å². The lowest BCUT2D eigenvalue weighted by molar-refractivity contribution is 0.616. The maximum Gasteiger partial charge on any atom is 0.0774 e. The lowest BCUT2D eigenvalue weighted by Crippen LogP contribution is -2.33. The number of rotatable bonds is 6. The fraction of sp³-hybridized carbons (Fsp3) is 0.0667. The van der Waals surface area contributed by atoms with Gasteiger partial charge in [-0.25, -0.2) is 0 Å². The maximum absolute atomic E-state index is 3.96. The minimum absolute atomic E-state index is 0.238. The second-order valence-corrected chi connectivity index (χ2v) is 16.5. The quantitative estimate of drug-likeness (QED) is 0.152. The number of hydrogen-bond donors (Lipinski definition) is 0. The summed E-state index contributed by atoms with van der Waals surface area (Å²) in [5, 5.41) is 0. The van der Waals surface area contributed by atoms with E-state index in [1.165, 1.54) is 83.5 Å². The van der Waals surface area contributed by atoms with E-state index in [4.69, 9.17) is 0 Å². The summed E-state index contributed by atoms with van der Waals surface area (Å²) in [6, 6.07) is 66.7. The van der Waals surface area contributed by atoms with Crippen LogP contribution in [-0.4, -0.2) is 0 Å². The molecule has 0 N–H and O–H groups in total. The normalized spacial score (nSPS) is 18.9. The summed E-state index contributed by atoms with van der Waals surface area (Å²) < 4.78 is 0. The van der Waals surface area contributed by atoms with Crippen LogP contribution >= 0.6 is 0 Å². The van der Waals surface area contributed by atoms with Crippen LogP contribution in [0.3, 0.4) is 0 Å². The van der Waals surface area contributed by atoms with Gasteiger partial charge in [-0.15, -0.1) is 0 Å². The maximum atomic E-state index is 3.96. The van der Waals surface area contributed by atoms with E-state index in [2.05, 4.69) is 235 Å². The van der Waals surface area contributed by atoms with Crippen LogP contribution in [0.15, 0.2) is 241 Å². The van der Waals surface area contributed by atoms with E-state index in [0.29, 0.717) is 6.42 Å². The summed E-state index contributed by atoms with van der Waals surface area (Å²) in [6.45, 7) is 0. The molecule has 7 aromatic carbocycles. The summed E-state index contributed by atoms with van der Waals surface area (Å²) in [6.07, 6.45) is 15.6. The fourth-order valence-electron chi connectivity index (χ4n) is 10.7. The predicted molar refractivity (Wildman–Crippen MR) is 254 cm³/mol. The monoisotopic (exact) mass is 775 g/mol. The van der Waals surface area contributed by atoms with E-state index < -0.39 is 5.41 Å². The van der Waals surface area contributed by atoms with E-state index in [-0.39, 0.29) is 5.92 Å². The van der Waals surface area contributed by atoms with Crippen molar-refractivity contribution in [1.82, 2.24) is 0 Å². The molecule has 2 atom stereocenters. The summed E-state index contributed by atoms with van der Waals surface area (Å²) in [5.74, 6) is 7.91. The number of allylic oxidation sites excluding steroid dienone is 11. The van der Waals surface area contributed by atoms with Crippen LogP contribution in [0.2, 0.25) is 0 Å². The molecule has 61 heavy (non-hydrogen) atoms. The van der Waals surface area contributed by atoms with Crippen LogP contribution in [0.25, 0.3) is 44.5 Å². The fourth-order valence-corrected chi connectivity index (χ4v) is 10.7. The van der Waals surface area contributed by atoms with Crippen molar-refractivity contribution in [3.63, 3.8) is 0 Å². The van der Waals surface area contributed by atoms with E-state index in [1.807, 2.05) is 0 Å². The molecule has 0 saturated carbocycles. The van der Waals surface area contributed by atoms with Crippen LogP contribution in [0.5, 0.6) is 0 Å². The highest BCUT2D eigenvalue weighted by Gasteiger charge is 2.57. The molecule has 0 heterocycles. The molecule has 0 aliphatic heterocycles. The lowest BCUT2D eigenvalue weighted by atomic mass is 9.62. The van der Waals surface area contributed by atoms with Crippen molar-refractivity contribution < 1.29 is 0 Å². The third-order valence-corrected chi connectivity index (χ3v) is 13.3. The zero-order valence-electron chi connectivity index (χ0n) is 33.7. The first-order valence-corrected chi connectivity index (χ1v) is 21.4. The van der Waals surface area contributed by atoms with Crippen molar-refractivity contribution in [1.29, 1.82) is 0 Å². The molecule has 7 aromatic rings. The number of anilines is 2. The van der Waals surface area contributed by atoms with Gasteiger partial charge in [0, 0.05) is 34.9 Å². The Labute approximate surface area is 358 Å². The van der Waals surface area contributed by atoms with Gasteiger partial charge >= 0.3 is 0 Å². The molecule has 0 bridgehead atoms. The van der Waals surface area contributed by atoms with Gasteiger partial charge in [-0.3, -0.25) is 0 Å². The average molecular weight is 776 g/mol. The van der Waals surface area contributed by atoms with Crippen molar-refractivity contribution >= 4 is 22.5 Å². The zero-order chi connectivity index (χ0) is 40.3. The smallest absolute Gasteiger partial charge is 0.0774 e. The molecule has 0 saturated heterocycles. The average Bonchev–Trinajstić information content (AvgIpc) is 3.69. The van der Waals surface area contributed by atoms with Gasteiger partial charge in [0.05, 0.1) is 11.1 Å². The highest BCUT2D eigenvalue weighted by molar-refractivity contribution is 6.05. The molecule has 0 aromatic heterocycles. The number of hydrogen-bond acceptors (Lipinski definition) is 1. The lowest BCUT2D eigenvalue weighted by Gasteiger charge is -2.39. The number of fused-ring (bicyclic) bond motifs is 10. The second-order valence-electron chi connectivity index (χ2n) is 16.5. The molecule has 5 aliphatic carbocycles. The van der Waals surface area contributed by atoms with Crippen LogP contribution in [-0.2, 0) is 5.41 Å². The Kier molecular flexibility index (Phi) is 8.25. The molecule has 0 amide bonds. The second kappa shape index (κ2) is 14.3. The third kappa shape index (κ3) is 5.50. The Hall–Kier alpha value is -7.66. The Morgan fingerprint density at radius 2 is 1.10 bits per heavy atom. The van der Waals surface area contributed by atoms with Gasteiger partial charge in [0.1, 0.15) is 0 Å². The Balaban J connectivity index is 1.12. The molecule has 5 aliphatic rings. The van der Waals surface area contributed by atoms with Crippen molar-refractivity contribution in [2.24, 2.45) is 5.92 Å². The first-order valence-electron chi connectivity index (χ1n) is 21.4. The molecule has 1 nitrogen and oxygen atoms in total. The van der Waals surface area contributed by atoms with Crippen molar-refractivity contribution in [3.8, 4) is 45.2 Å². The first-order chi connectivity index (χ1) is 30.3. The molecule has 286 valence electrons. The Bertz CT molecular complexity index is 3060. The summed E-state index contributed by atoms with van der Waals surface area (Å²) >= 11 is 0. The van der Waals surface area contributed by atoms with Gasteiger partial charge in [-0.05, 0) is 115 Å². The standard InChI is InChI=1S/C60H41N/c1-4-16-41(17-5-1)44-28-34-48(35-29-44)61(49-36-30-45(31-37-49)42-18-6-2-7-19-42)57-27-15-14-26-55-58(57)53-39-33-47(43-20-8-3-9-21-43)40-56(53)60(55)54-25-13-12-24-51(54)52-38-32-46-22-10-11-23-50(46)59(52)60/h1-13,16-22,24-25,27-40,50H,15,23H2. The van der Waals surface area contributed by atoms with Crippen molar-refractivity contribution in [2.75, 3.05) is 4.90 Å². The predicted octanol–water partition coefficient (Wildman–Crippen LogP) is 14.7.